The lowest BCUT2D eigenvalue weighted by atomic mass is 9.80. The highest BCUT2D eigenvalue weighted by atomic mass is 16.2. The molecule has 0 spiro atoms. The quantitative estimate of drug-likeness (QED) is 0.900. The van der Waals surface area contributed by atoms with Crippen LogP contribution < -0.4 is 5.73 Å². The average molecular weight is 260 g/mol. The van der Waals surface area contributed by atoms with Gasteiger partial charge in [0.15, 0.2) is 0 Å². The van der Waals surface area contributed by atoms with Crippen LogP contribution in [0.1, 0.15) is 29.5 Å². The number of benzene rings is 1. The average Bonchev–Trinajstić information content (AvgIpc) is 2.35. The van der Waals surface area contributed by atoms with E-state index < -0.39 is 0 Å². The van der Waals surface area contributed by atoms with E-state index in [9.17, 15) is 4.79 Å². The zero-order valence-corrected chi connectivity index (χ0v) is 12.1. The van der Waals surface area contributed by atoms with Crippen LogP contribution in [0.2, 0.25) is 0 Å². The van der Waals surface area contributed by atoms with Gasteiger partial charge in [-0.05, 0) is 49.8 Å². The maximum Gasteiger partial charge on any atom is 0.225 e. The normalized spacial score (nSPS) is 21.9. The van der Waals surface area contributed by atoms with E-state index in [-0.39, 0.29) is 17.9 Å². The van der Waals surface area contributed by atoms with Gasteiger partial charge in [-0.2, -0.15) is 0 Å². The molecule has 1 aliphatic rings. The van der Waals surface area contributed by atoms with Crippen LogP contribution in [0.15, 0.2) is 18.2 Å². The van der Waals surface area contributed by atoms with Crippen LogP contribution in [0.4, 0.5) is 0 Å². The number of aryl methyl sites for hydroxylation is 2. The first-order valence-electron chi connectivity index (χ1n) is 7.04. The maximum absolute atomic E-state index is 12.1. The molecule has 1 aliphatic carbocycles. The molecule has 0 bridgehead atoms. The van der Waals surface area contributed by atoms with Crippen molar-refractivity contribution in [2.45, 2.75) is 39.2 Å². The Labute approximate surface area is 115 Å². The number of nitrogens with zero attached hydrogens (tertiary/aromatic N) is 1. The largest absolute Gasteiger partial charge is 0.345 e. The zero-order valence-electron chi connectivity index (χ0n) is 12.1. The molecule has 0 aromatic heterocycles. The summed E-state index contributed by atoms with van der Waals surface area (Å²) >= 11 is 0. The monoisotopic (exact) mass is 260 g/mol. The summed E-state index contributed by atoms with van der Waals surface area (Å²) in [5.74, 6) is 0.422. The Bertz CT molecular complexity index is 464. The molecule has 1 aromatic rings. The summed E-state index contributed by atoms with van der Waals surface area (Å²) in [5, 5.41) is 0. The first-order valence-corrected chi connectivity index (χ1v) is 7.04. The SMILES string of the molecule is Cc1ccc(CCN(C)C(=O)C2CC(N)C2)cc1C. The number of hydrogen-bond donors (Lipinski definition) is 1. The number of carbonyl (C=O) groups excluding carboxylic acids is 1. The summed E-state index contributed by atoms with van der Waals surface area (Å²) in [6, 6.07) is 6.76. The summed E-state index contributed by atoms with van der Waals surface area (Å²) in [6.45, 7) is 5.03. The Balaban J connectivity index is 1.84. The maximum atomic E-state index is 12.1. The Kier molecular flexibility index (Phi) is 4.25. The van der Waals surface area contributed by atoms with Crippen molar-refractivity contribution in [2.75, 3.05) is 13.6 Å². The van der Waals surface area contributed by atoms with Gasteiger partial charge in [0.05, 0.1) is 0 Å². The third-order valence-electron chi connectivity index (χ3n) is 4.21. The second-order valence-corrected chi connectivity index (χ2v) is 5.86. The minimum absolute atomic E-state index is 0.166. The molecule has 0 saturated heterocycles. The van der Waals surface area contributed by atoms with Crippen LogP contribution in [0.25, 0.3) is 0 Å². The van der Waals surface area contributed by atoms with E-state index in [0.717, 1.165) is 25.8 Å². The topological polar surface area (TPSA) is 46.3 Å². The van der Waals surface area contributed by atoms with Crippen LogP contribution in [0.5, 0.6) is 0 Å². The first kappa shape index (κ1) is 14.1. The Morgan fingerprint density at radius 2 is 2.00 bits per heavy atom. The van der Waals surface area contributed by atoms with E-state index in [1.807, 2.05) is 11.9 Å². The van der Waals surface area contributed by atoms with Crippen molar-refractivity contribution >= 4 is 5.91 Å². The summed E-state index contributed by atoms with van der Waals surface area (Å²) in [4.78, 5) is 13.9. The molecule has 0 heterocycles. The second-order valence-electron chi connectivity index (χ2n) is 5.86. The zero-order chi connectivity index (χ0) is 14.0. The predicted octanol–water partition coefficient (Wildman–Crippen LogP) is 2.04. The Hall–Kier alpha value is -1.35. The summed E-state index contributed by atoms with van der Waals surface area (Å²) in [7, 11) is 1.90. The fraction of sp³-hybridized carbons (Fsp3) is 0.562. The number of hydrogen-bond acceptors (Lipinski definition) is 2. The van der Waals surface area contributed by atoms with Crippen molar-refractivity contribution in [1.82, 2.24) is 4.90 Å². The van der Waals surface area contributed by atoms with Crippen molar-refractivity contribution in [3.05, 3.63) is 34.9 Å². The predicted molar refractivity (Wildman–Crippen MR) is 78.0 cm³/mol. The van der Waals surface area contributed by atoms with Gasteiger partial charge < -0.3 is 10.6 Å². The molecular weight excluding hydrogens is 236 g/mol. The number of rotatable bonds is 4. The highest BCUT2D eigenvalue weighted by Gasteiger charge is 2.33. The third-order valence-corrected chi connectivity index (χ3v) is 4.21. The van der Waals surface area contributed by atoms with E-state index in [4.69, 9.17) is 5.73 Å². The molecule has 0 unspecified atom stereocenters. The van der Waals surface area contributed by atoms with Crippen molar-refractivity contribution in [1.29, 1.82) is 0 Å². The number of carbonyl (C=O) groups is 1. The van der Waals surface area contributed by atoms with Crippen LogP contribution in [-0.2, 0) is 11.2 Å². The molecule has 1 aromatic carbocycles. The van der Waals surface area contributed by atoms with E-state index >= 15 is 0 Å². The number of nitrogens with two attached hydrogens (primary N) is 1. The van der Waals surface area contributed by atoms with Gasteiger partial charge in [-0.15, -0.1) is 0 Å². The molecular formula is C16H24N2O. The van der Waals surface area contributed by atoms with Crippen molar-refractivity contribution in [3.63, 3.8) is 0 Å². The molecule has 1 amide bonds. The Morgan fingerprint density at radius 1 is 1.32 bits per heavy atom. The van der Waals surface area contributed by atoms with E-state index in [1.165, 1.54) is 16.7 Å². The van der Waals surface area contributed by atoms with Gasteiger partial charge in [0.1, 0.15) is 0 Å². The van der Waals surface area contributed by atoms with Crippen molar-refractivity contribution in [3.8, 4) is 0 Å². The highest BCUT2D eigenvalue weighted by molar-refractivity contribution is 5.79. The lowest BCUT2D eigenvalue weighted by Crippen LogP contribution is -2.46. The summed E-state index contributed by atoms with van der Waals surface area (Å²) < 4.78 is 0. The molecule has 3 nitrogen and oxygen atoms in total. The second kappa shape index (κ2) is 5.74. The lowest BCUT2D eigenvalue weighted by molar-refractivity contribution is -0.137. The van der Waals surface area contributed by atoms with Crippen LogP contribution in [0, 0.1) is 19.8 Å². The van der Waals surface area contributed by atoms with E-state index in [1.54, 1.807) is 0 Å². The van der Waals surface area contributed by atoms with E-state index in [0.29, 0.717) is 0 Å². The molecule has 19 heavy (non-hydrogen) atoms. The van der Waals surface area contributed by atoms with Gasteiger partial charge in [-0.1, -0.05) is 18.2 Å². The third kappa shape index (κ3) is 3.35. The number of amides is 1. The molecule has 1 fully saturated rings. The Morgan fingerprint density at radius 3 is 2.58 bits per heavy atom. The molecule has 1 saturated carbocycles. The minimum atomic E-state index is 0.166. The fourth-order valence-corrected chi connectivity index (χ4v) is 2.54. The lowest BCUT2D eigenvalue weighted by Gasteiger charge is -2.34. The van der Waals surface area contributed by atoms with Crippen LogP contribution in [-0.4, -0.2) is 30.4 Å². The molecule has 2 rings (SSSR count). The molecule has 0 radical (unpaired) electrons. The first-order chi connectivity index (χ1) is 8.97. The van der Waals surface area contributed by atoms with Crippen molar-refractivity contribution < 1.29 is 4.79 Å². The van der Waals surface area contributed by atoms with Gasteiger partial charge in [-0.3, -0.25) is 4.79 Å². The fourth-order valence-electron chi connectivity index (χ4n) is 2.54. The van der Waals surface area contributed by atoms with Gasteiger partial charge in [0.2, 0.25) is 5.91 Å². The number of likely N-dealkylation sites (N-methyl/N-ethyl adjacent to an activating group) is 1. The summed E-state index contributed by atoms with van der Waals surface area (Å²) in [5.41, 5.74) is 9.66. The summed E-state index contributed by atoms with van der Waals surface area (Å²) in [6.07, 6.45) is 2.63. The molecule has 104 valence electrons. The smallest absolute Gasteiger partial charge is 0.225 e. The van der Waals surface area contributed by atoms with E-state index in [2.05, 4.69) is 32.0 Å². The molecule has 3 heteroatoms. The van der Waals surface area contributed by atoms with Crippen LogP contribution in [0.3, 0.4) is 0 Å². The molecule has 0 atom stereocenters. The van der Waals surface area contributed by atoms with Gasteiger partial charge in [0.25, 0.3) is 0 Å². The standard InChI is InChI=1S/C16H24N2O/c1-11-4-5-13(8-12(11)2)6-7-18(3)16(19)14-9-15(17)10-14/h4-5,8,14-15H,6-7,9-10,17H2,1-3H3. The van der Waals surface area contributed by atoms with Crippen molar-refractivity contribution in [2.24, 2.45) is 11.7 Å². The highest BCUT2D eigenvalue weighted by Crippen LogP contribution is 2.27. The minimum Gasteiger partial charge on any atom is -0.345 e. The van der Waals surface area contributed by atoms with Gasteiger partial charge in [0, 0.05) is 25.6 Å². The van der Waals surface area contributed by atoms with Crippen LogP contribution >= 0.6 is 0 Å². The molecule has 0 aliphatic heterocycles. The molecule has 2 N–H and O–H groups in total. The van der Waals surface area contributed by atoms with Gasteiger partial charge in [-0.25, -0.2) is 0 Å². The van der Waals surface area contributed by atoms with Gasteiger partial charge >= 0.3 is 0 Å².